The standard InChI is InChI=1S/C9H14O2Si/c1-12(2,3)7-6-9(4-5-9)8(10)11/h4-5H2,1-3H3,(H,10,11). The van der Waals surface area contributed by atoms with Crippen LogP contribution in [-0.2, 0) is 4.79 Å². The van der Waals surface area contributed by atoms with Gasteiger partial charge < -0.3 is 5.11 Å². The number of hydrogen-bond donors (Lipinski definition) is 1. The minimum atomic E-state index is -1.40. The summed E-state index contributed by atoms with van der Waals surface area (Å²) in [5.74, 6) is 2.18. The molecule has 0 aromatic carbocycles. The summed E-state index contributed by atoms with van der Waals surface area (Å²) in [5, 5.41) is 8.81. The molecule has 2 nitrogen and oxygen atoms in total. The Morgan fingerprint density at radius 2 is 1.92 bits per heavy atom. The summed E-state index contributed by atoms with van der Waals surface area (Å²) >= 11 is 0. The van der Waals surface area contributed by atoms with E-state index >= 15 is 0 Å². The smallest absolute Gasteiger partial charge is 0.321 e. The number of aliphatic carboxylic acids is 1. The first-order chi connectivity index (χ1) is 5.36. The van der Waals surface area contributed by atoms with Crippen molar-refractivity contribution in [3.8, 4) is 11.5 Å². The van der Waals surface area contributed by atoms with Gasteiger partial charge >= 0.3 is 5.97 Å². The van der Waals surface area contributed by atoms with Gasteiger partial charge in [-0.2, -0.15) is 0 Å². The van der Waals surface area contributed by atoms with Gasteiger partial charge in [-0.05, 0) is 12.8 Å². The molecule has 1 rings (SSSR count). The molecule has 0 bridgehead atoms. The molecule has 1 fully saturated rings. The predicted molar refractivity (Wildman–Crippen MR) is 50.4 cm³/mol. The highest BCUT2D eigenvalue weighted by Gasteiger charge is 2.49. The van der Waals surface area contributed by atoms with Crippen LogP contribution in [0.2, 0.25) is 19.6 Å². The molecule has 0 atom stereocenters. The Kier molecular flexibility index (Phi) is 2.05. The Morgan fingerprint density at radius 3 is 2.17 bits per heavy atom. The van der Waals surface area contributed by atoms with Crippen molar-refractivity contribution in [2.24, 2.45) is 5.41 Å². The lowest BCUT2D eigenvalue weighted by Gasteiger charge is -2.05. The van der Waals surface area contributed by atoms with Crippen LogP contribution in [0, 0.1) is 16.9 Å². The second kappa shape index (κ2) is 2.63. The van der Waals surface area contributed by atoms with Crippen molar-refractivity contribution >= 4 is 14.0 Å². The molecule has 0 saturated heterocycles. The molecule has 3 heteroatoms. The number of rotatable bonds is 1. The van der Waals surface area contributed by atoms with Gasteiger partial charge in [-0.1, -0.05) is 25.6 Å². The number of carboxylic acid groups (broad SMARTS) is 1. The first-order valence-electron chi connectivity index (χ1n) is 4.13. The van der Waals surface area contributed by atoms with Crippen LogP contribution < -0.4 is 0 Å². The largest absolute Gasteiger partial charge is 0.480 e. The summed E-state index contributed by atoms with van der Waals surface area (Å²) in [7, 11) is -1.40. The van der Waals surface area contributed by atoms with E-state index in [4.69, 9.17) is 5.11 Å². The van der Waals surface area contributed by atoms with Crippen molar-refractivity contribution in [2.75, 3.05) is 0 Å². The monoisotopic (exact) mass is 182 g/mol. The second-order valence-corrected chi connectivity index (χ2v) is 9.14. The maximum Gasteiger partial charge on any atom is 0.321 e. The Hall–Kier alpha value is -0.753. The number of hydrogen-bond acceptors (Lipinski definition) is 1. The fourth-order valence-electron chi connectivity index (χ4n) is 0.824. The van der Waals surface area contributed by atoms with E-state index in [9.17, 15) is 4.79 Å². The van der Waals surface area contributed by atoms with Crippen LogP contribution in [0.15, 0.2) is 0 Å². The van der Waals surface area contributed by atoms with Crippen molar-refractivity contribution in [3.05, 3.63) is 0 Å². The Balaban J connectivity index is 2.72. The summed E-state index contributed by atoms with van der Waals surface area (Å²) in [6.45, 7) is 6.37. The van der Waals surface area contributed by atoms with E-state index < -0.39 is 19.5 Å². The molecule has 1 aliphatic carbocycles. The van der Waals surface area contributed by atoms with Gasteiger partial charge in [0.05, 0.1) is 0 Å². The molecule has 66 valence electrons. The van der Waals surface area contributed by atoms with Gasteiger partial charge in [-0.25, -0.2) is 0 Å². The maximum atomic E-state index is 10.7. The van der Waals surface area contributed by atoms with Gasteiger partial charge in [0.1, 0.15) is 13.5 Å². The van der Waals surface area contributed by atoms with Crippen molar-refractivity contribution < 1.29 is 9.90 Å². The minimum absolute atomic E-state index is 0.652. The van der Waals surface area contributed by atoms with E-state index in [0.717, 1.165) is 12.8 Å². The van der Waals surface area contributed by atoms with Gasteiger partial charge in [0, 0.05) is 0 Å². The minimum Gasteiger partial charge on any atom is -0.480 e. The van der Waals surface area contributed by atoms with Crippen LogP contribution in [0.4, 0.5) is 0 Å². The summed E-state index contributed by atoms with van der Waals surface area (Å²) in [6.07, 6.45) is 1.47. The SMILES string of the molecule is C[Si](C)(C)C#CC1(C(=O)O)CC1. The molecule has 1 N–H and O–H groups in total. The van der Waals surface area contributed by atoms with Gasteiger partial charge in [-0.3, -0.25) is 4.79 Å². The van der Waals surface area contributed by atoms with Crippen LogP contribution >= 0.6 is 0 Å². The molecule has 0 aliphatic heterocycles. The van der Waals surface area contributed by atoms with Crippen LogP contribution in [0.3, 0.4) is 0 Å². The average molecular weight is 182 g/mol. The normalized spacial score (nSPS) is 19.2. The molecular weight excluding hydrogens is 168 g/mol. The van der Waals surface area contributed by atoms with E-state index in [0.29, 0.717) is 0 Å². The molecule has 0 heterocycles. The Morgan fingerprint density at radius 1 is 1.42 bits per heavy atom. The third kappa shape index (κ3) is 2.11. The molecule has 0 spiro atoms. The lowest BCUT2D eigenvalue weighted by Crippen LogP contribution is -2.19. The lowest BCUT2D eigenvalue weighted by molar-refractivity contribution is -0.141. The van der Waals surface area contributed by atoms with Gasteiger partial charge in [-0.15, -0.1) is 5.54 Å². The van der Waals surface area contributed by atoms with Crippen LogP contribution in [-0.4, -0.2) is 19.1 Å². The van der Waals surface area contributed by atoms with Crippen LogP contribution in [0.1, 0.15) is 12.8 Å². The van der Waals surface area contributed by atoms with Crippen molar-refractivity contribution in [1.29, 1.82) is 0 Å². The Labute approximate surface area is 74.0 Å². The number of carboxylic acids is 1. The average Bonchev–Trinajstić information content (AvgIpc) is 2.61. The second-order valence-electron chi connectivity index (χ2n) is 4.39. The zero-order valence-electron chi connectivity index (χ0n) is 7.77. The van der Waals surface area contributed by atoms with Gasteiger partial charge in [0.15, 0.2) is 0 Å². The van der Waals surface area contributed by atoms with Crippen LogP contribution in [0.5, 0.6) is 0 Å². The molecule has 0 amide bonds. The summed E-state index contributed by atoms with van der Waals surface area (Å²) in [5.41, 5.74) is 2.46. The third-order valence-electron chi connectivity index (χ3n) is 1.84. The zero-order chi connectivity index (χ0) is 9.41. The maximum absolute atomic E-state index is 10.7. The van der Waals surface area contributed by atoms with Crippen molar-refractivity contribution in [2.45, 2.75) is 32.5 Å². The fraction of sp³-hybridized carbons (Fsp3) is 0.667. The summed E-state index contributed by atoms with van der Waals surface area (Å²) < 4.78 is 0. The number of carbonyl (C=O) groups is 1. The van der Waals surface area contributed by atoms with E-state index in [1.807, 2.05) is 0 Å². The first kappa shape index (κ1) is 9.34. The lowest BCUT2D eigenvalue weighted by atomic mass is 10.1. The Bertz CT molecular complexity index is 260. The fourth-order valence-corrected chi connectivity index (χ4v) is 1.44. The summed E-state index contributed by atoms with van der Waals surface area (Å²) in [4.78, 5) is 10.7. The summed E-state index contributed by atoms with van der Waals surface area (Å²) in [6, 6.07) is 0. The molecule has 0 radical (unpaired) electrons. The van der Waals surface area contributed by atoms with E-state index in [-0.39, 0.29) is 0 Å². The topological polar surface area (TPSA) is 37.3 Å². The highest BCUT2D eigenvalue weighted by Crippen LogP contribution is 2.45. The van der Waals surface area contributed by atoms with Crippen molar-refractivity contribution in [3.63, 3.8) is 0 Å². The molecule has 12 heavy (non-hydrogen) atoms. The molecule has 1 saturated carbocycles. The molecule has 0 aromatic heterocycles. The highest BCUT2D eigenvalue weighted by atomic mass is 28.3. The van der Waals surface area contributed by atoms with E-state index in [2.05, 4.69) is 31.1 Å². The highest BCUT2D eigenvalue weighted by molar-refractivity contribution is 6.83. The van der Waals surface area contributed by atoms with Crippen LogP contribution in [0.25, 0.3) is 0 Å². The molecule has 0 unspecified atom stereocenters. The van der Waals surface area contributed by atoms with Crippen molar-refractivity contribution in [1.82, 2.24) is 0 Å². The first-order valence-corrected chi connectivity index (χ1v) is 7.63. The quantitative estimate of drug-likeness (QED) is 0.495. The molecular formula is C9H14O2Si. The zero-order valence-corrected chi connectivity index (χ0v) is 8.77. The van der Waals surface area contributed by atoms with E-state index in [1.54, 1.807) is 0 Å². The molecule has 1 aliphatic rings. The predicted octanol–water partition coefficient (Wildman–Crippen LogP) is 1.73. The van der Waals surface area contributed by atoms with Gasteiger partial charge in [0.2, 0.25) is 0 Å². The van der Waals surface area contributed by atoms with E-state index in [1.165, 1.54) is 0 Å². The third-order valence-corrected chi connectivity index (χ3v) is 2.71. The molecule has 0 aromatic rings. The van der Waals surface area contributed by atoms with Gasteiger partial charge in [0.25, 0.3) is 0 Å².